The fraction of sp³-hybridized carbons (Fsp3) is 1.00. The second-order valence-corrected chi connectivity index (χ2v) is 7.15. The zero-order valence-corrected chi connectivity index (χ0v) is 12.9. The molecule has 2 unspecified atom stereocenters. The summed E-state index contributed by atoms with van der Waals surface area (Å²) in [5.74, 6) is 0. The molecule has 0 radical (unpaired) electrons. The van der Waals surface area contributed by atoms with Crippen LogP contribution in [0.2, 0.25) is 0 Å². The first-order valence-electron chi connectivity index (χ1n) is 7.14. The van der Waals surface area contributed by atoms with Gasteiger partial charge in [0.2, 0.25) is 0 Å². The molecule has 0 aliphatic heterocycles. The molecule has 0 bridgehead atoms. The first-order chi connectivity index (χ1) is 7.73. The lowest BCUT2D eigenvalue weighted by Crippen LogP contribution is -2.58. The topological polar surface area (TPSA) is 15.3 Å². The van der Waals surface area contributed by atoms with E-state index < -0.39 is 0 Å². The molecular weight excluding hydrogens is 208 g/mol. The van der Waals surface area contributed by atoms with Crippen LogP contribution < -0.4 is 5.32 Å². The van der Waals surface area contributed by atoms with Gasteiger partial charge in [-0.25, -0.2) is 0 Å². The van der Waals surface area contributed by atoms with E-state index >= 15 is 0 Å². The van der Waals surface area contributed by atoms with Crippen molar-refractivity contribution in [1.29, 1.82) is 0 Å². The van der Waals surface area contributed by atoms with Gasteiger partial charge in [-0.15, -0.1) is 0 Å². The number of nitrogens with one attached hydrogen (secondary N) is 1. The van der Waals surface area contributed by atoms with Crippen molar-refractivity contribution in [3.05, 3.63) is 0 Å². The fourth-order valence-corrected chi connectivity index (χ4v) is 2.99. The van der Waals surface area contributed by atoms with Gasteiger partial charge in [0.15, 0.2) is 0 Å². The summed E-state index contributed by atoms with van der Waals surface area (Å²) in [6.45, 7) is 11.8. The van der Waals surface area contributed by atoms with Gasteiger partial charge in [-0.3, -0.25) is 4.90 Å². The number of hydrogen-bond acceptors (Lipinski definition) is 2. The van der Waals surface area contributed by atoms with Crippen molar-refractivity contribution in [2.24, 2.45) is 5.41 Å². The Hall–Kier alpha value is -0.0800. The van der Waals surface area contributed by atoms with Crippen LogP contribution in [-0.2, 0) is 0 Å². The lowest BCUT2D eigenvalue weighted by atomic mass is 9.71. The Labute approximate surface area is 108 Å². The minimum Gasteiger partial charge on any atom is -0.315 e. The van der Waals surface area contributed by atoms with Gasteiger partial charge in [-0.05, 0) is 59.0 Å². The van der Waals surface area contributed by atoms with Crippen LogP contribution in [0.4, 0.5) is 0 Å². The second kappa shape index (κ2) is 5.27. The number of nitrogens with zero attached hydrogens (tertiary/aromatic N) is 1. The summed E-state index contributed by atoms with van der Waals surface area (Å²) in [7, 11) is 4.42. The summed E-state index contributed by atoms with van der Waals surface area (Å²) in [5.41, 5.74) is 0.795. The van der Waals surface area contributed by atoms with E-state index in [0.717, 1.165) is 0 Å². The summed E-state index contributed by atoms with van der Waals surface area (Å²) >= 11 is 0. The SMILES string of the molecule is CCC(C)(C)N(C)C1CC(C)(C)CCC1NC. The van der Waals surface area contributed by atoms with Crippen molar-refractivity contribution in [2.75, 3.05) is 14.1 Å². The number of hydrogen-bond donors (Lipinski definition) is 1. The largest absolute Gasteiger partial charge is 0.315 e. The van der Waals surface area contributed by atoms with Gasteiger partial charge in [0, 0.05) is 17.6 Å². The standard InChI is InChI=1S/C15H32N2/c1-8-15(4,5)17(7)13-11-14(2,3)10-9-12(13)16-6/h12-13,16H,8-11H2,1-7H3. The van der Waals surface area contributed by atoms with Crippen LogP contribution in [-0.4, -0.2) is 36.6 Å². The molecule has 0 aromatic carbocycles. The highest BCUT2D eigenvalue weighted by molar-refractivity contribution is 4.96. The summed E-state index contributed by atoms with van der Waals surface area (Å²) in [4.78, 5) is 2.61. The summed E-state index contributed by atoms with van der Waals surface area (Å²) in [6.07, 6.45) is 5.16. The van der Waals surface area contributed by atoms with E-state index in [2.05, 4.69) is 58.9 Å². The maximum absolute atomic E-state index is 3.53. The predicted octanol–water partition coefficient (Wildman–Crippen LogP) is 3.27. The van der Waals surface area contributed by atoms with Crippen LogP contribution in [0.3, 0.4) is 0 Å². The van der Waals surface area contributed by atoms with Gasteiger partial charge in [0.1, 0.15) is 0 Å². The maximum atomic E-state index is 3.53. The van der Waals surface area contributed by atoms with E-state index in [-0.39, 0.29) is 0 Å². The quantitative estimate of drug-likeness (QED) is 0.811. The van der Waals surface area contributed by atoms with Crippen molar-refractivity contribution in [3.8, 4) is 0 Å². The van der Waals surface area contributed by atoms with Crippen LogP contribution in [0.5, 0.6) is 0 Å². The Bertz CT molecular complexity index is 245. The fourth-order valence-electron chi connectivity index (χ4n) is 2.99. The summed E-state index contributed by atoms with van der Waals surface area (Å²) < 4.78 is 0. The molecule has 1 saturated carbocycles. The minimum absolute atomic E-state index is 0.299. The average molecular weight is 240 g/mol. The first-order valence-corrected chi connectivity index (χ1v) is 7.14. The molecule has 102 valence electrons. The third-order valence-corrected chi connectivity index (χ3v) is 5.05. The molecule has 2 heteroatoms. The van der Waals surface area contributed by atoms with Crippen molar-refractivity contribution in [3.63, 3.8) is 0 Å². The van der Waals surface area contributed by atoms with Gasteiger partial charge in [0.25, 0.3) is 0 Å². The van der Waals surface area contributed by atoms with Crippen LogP contribution >= 0.6 is 0 Å². The molecule has 2 nitrogen and oxygen atoms in total. The predicted molar refractivity (Wildman–Crippen MR) is 76.4 cm³/mol. The van der Waals surface area contributed by atoms with E-state index in [1.54, 1.807) is 0 Å². The molecule has 2 atom stereocenters. The Morgan fingerprint density at radius 2 is 1.94 bits per heavy atom. The molecular formula is C15H32N2. The Kier molecular flexibility index (Phi) is 4.65. The molecule has 1 rings (SSSR count). The molecule has 1 aliphatic carbocycles. The van der Waals surface area contributed by atoms with Crippen LogP contribution in [0.1, 0.15) is 60.3 Å². The third-order valence-electron chi connectivity index (χ3n) is 5.05. The first kappa shape index (κ1) is 15.0. The zero-order valence-electron chi connectivity index (χ0n) is 12.9. The molecule has 0 aromatic rings. The summed E-state index contributed by atoms with van der Waals surface area (Å²) in [6, 6.07) is 1.32. The van der Waals surface area contributed by atoms with Gasteiger partial charge >= 0.3 is 0 Å². The second-order valence-electron chi connectivity index (χ2n) is 7.15. The number of rotatable bonds is 4. The minimum atomic E-state index is 0.299. The normalized spacial score (nSPS) is 29.6. The molecule has 0 amide bonds. The molecule has 17 heavy (non-hydrogen) atoms. The van der Waals surface area contributed by atoms with Crippen LogP contribution in [0.25, 0.3) is 0 Å². The smallest absolute Gasteiger partial charge is 0.0256 e. The van der Waals surface area contributed by atoms with Gasteiger partial charge in [0.05, 0.1) is 0 Å². The van der Waals surface area contributed by atoms with Crippen molar-refractivity contribution < 1.29 is 0 Å². The monoisotopic (exact) mass is 240 g/mol. The van der Waals surface area contributed by atoms with Gasteiger partial charge in [-0.2, -0.15) is 0 Å². The zero-order chi connectivity index (χ0) is 13.3. The van der Waals surface area contributed by atoms with Crippen molar-refractivity contribution >= 4 is 0 Å². The molecule has 0 spiro atoms. The average Bonchev–Trinajstić information content (AvgIpc) is 2.27. The highest BCUT2D eigenvalue weighted by atomic mass is 15.2. The van der Waals surface area contributed by atoms with E-state index in [9.17, 15) is 0 Å². The van der Waals surface area contributed by atoms with Crippen molar-refractivity contribution in [1.82, 2.24) is 10.2 Å². The lowest BCUT2D eigenvalue weighted by Gasteiger charge is -2.50. The lowest BCUT2D eigenvalue weighted by molar-refractivity contribution is 0.0208. The Balaban J connectivity index is 2.83. The van der Waals surface area contributed by atoms with Crippen LogP contribution in [0, 0.1) is 5.41 Å². The highest BCUT2D eigenvalue weighted by Crippen LogP contribution is 2.39. The van der Waals surface area contributed by atoms with Crippen molar-refractivity contribution in [2.45, 2.75) is 77.9 Å². The van der Waals surface area contributed by atoms with Gasteiger partial charge in [-0.1, -0.05) is 20.8 Å². The van der Waals surface area contributed by atoms with Crippen LogP contribution in [0.15, 0.2) is 0 Å². The molecule has 0 heterocycles. The Morgan fingerprint density at radius 1 is 1.35 bits per heavy atom. The summed E-state index contributed by atoms with van der Waals surface area (Å²) in [5, 5.41) is 3.53. The molecule has 1 N–H and O–H groups in total. The third kappa shape index (κ3) is 3.45. The molecule has 1 aliphatic rings. The maximum Gasteiger partial charge on any atom is 0.0256 e. The van der Waals surface area contributed by atoms with Gasteiger partial charge < -0.3 is 5.32 Å². The van der Waals surface area contributed by atoms with E-state index in [4.69, 9.17) is 0 Å². The molecule has 0 aromatic heterocycles. The highest BCUT2D eigenvalue weighted by Gasteiger charge is 2.39. The molecule has 0 saturated heterocycles. The Morgan fingerprint density at radius 3 is 2.41 bits per heavy atom. The van der Waals surface area contributed by atoms with E-state index in [1.807, 2.05) is 0 Å². The number of likely N-dealkylation sites (N-methyl/N-ethyl adjacent to an activating group) is 2. The van der Waals surface area contributed by atoms with E-state index in [1.165, 1.54) is 25.7 Å². The van der Waals surface area contributed by atoms with E-state index in [0.29, 0.717) is 23.0 Å². The molecule has 1 fully saturated rings.